The molecule has 0 aliphatic carbocycles. The molecule has 1 aliphatic heterocycles. The lowest BCUT2D eigenvalue weighted by Crippen LogP contribution is -2.47. The van der Waals surface area contributed by atoms with Crippen molar-refractivity contribution in [1.29, 1.82) is 0 Å². The summed E-state index contributed by atoms with van der Waals surface area (Å²) in [5.41, 5.74) is 4.66. The molecule has 4 nitrogen and oxygen atoms in total. The highest BCUT2D eigenvalue weighted by Crippen LogP contribution is 2.22. The highest BCUT2D eigenvalue weighted by molar-refractivity contribution is 9.10. The molecule has 2 aromatic rings. The normalized spacial score (nSPS) is 14.6. The first-order valence-electron chi connectivity index (χ1n) is 9.12. The van der Waals surface area contributed by atoms with Gasteiger partial charge in [0.25, 0.3) is 0 Å². The Morgan fingerprint density at radius 1 is 1.04 bits per heavy atom. The molecular formula is C21H27BrClN3O. The number of rotatable bonds is 5. The Morgan fingerprint density at radius 2 is 1.74 bits per heavy atom. The monoisotopic (exact) mass is 451 g/mol. The lowest BCUT2D eigenvalue weighted by atomic mass is 10.1. The van der Waals surface area contributed by atoms with Crippen molar-refractivity contribution in [3.05, 3.63) is 58.1 Å². The number of amides is 1. The zero-order valence-corrected chi connectivity index (χ0v) is 18.3. The van der Waals surface area contributed by atoms with Gasteiger partial charge >= 0.3 is 0 Å². The lowest BCUT2D eigenvalue weighted by Gasteiger charge is -2.36. The summed E-state index contributed by atoms with van der Waals surface area (Å²) in [7, 11) is 0. The Hall–Kier alpha value is -1.56. The molecule has 0 unspecified atom stereocenters. The number of nitrogens with one attached hydrogen (secondary N) is 1. The Bertz CT molecular complexity index is 776. The van der Waals surface area contributed by atoms with Crippen LogP contribution >= 0.6 is 28.3 Å². The van der Waals surface area contributed by atoms with Crippen LogP contribution in [0.2, 0.25) is 0 Å². The third kappa shape index (κ3) is 5.96. The van der Waals surface area contributed by atoms with Crippen molar-refractivity contribution in [3.8, 4) is 0 Å². The van der Waals surface area contributed by atoms with Crippen molar-refractivity contribution in [2.45, 2.75) is 20.3 Å². The van der Waals surface area contributed by atoms with Crippen molar-refractivity contribution in [2.75, 3.05) is 42.9 Å². The van der Waals surface area contributed by atoms with E-state index in [9.17, 15) is 4.79 Å². The molecule has 0 spiro atoms. The van der Waals surface area contributed by atoms with E-state index in [1.807, 2.05) is 25.1 Å². The van der Waals surface area contributed by atoms with E-state index in [2.05, 4.69) is 62.2 Å². The molecule has 1 fully saturated rings. The minimum Gasteiger partial charge on any atom is -0.369 e. The van der Waals surface area contributed by atoms with E-state index in [1.165, 1.54) is 11.3 Å². The summed E-state index contributed by atoms with van der Waals surface area (Å²) >= 11 is 3.50. The number of para-hydroxylation sites is 1. The fraction of sp³-hybridized carbons (Fsp3) is 0.381. The fourth-order valence-corrected chi connectivity index (χ4v) is 3.66. The number of nitrogens with zero attached hydrogens (tertiary/aromatic N) is 2. The van der Waals surface area contributed by atoms with E-state index in [0.717, 1.165) is 48.4 Å². The zero-order valence-electron chi connectivity index (χ0n) is 15.9. The number of benzene rings is 2. The summed E-state index contributed by atoms with van der Waals surface area (Å²) in [6.45, 7) is 9.02. The Labute approximate surface area is 176 Å². The van der Waals surface area contributed by atoms with Crippen LogP contribution in [-0.2, 0) is 4.79 Å². The average Bonchev–Trinajstić information content (AvgIpc) is 2.64. The molecule has 1 N–H and O–H groups in total. The highest BCUT2D eigenvalue weighted by atomic mass is 79.9. The van der Waals surface area contributed by atoms with Crippen LogP contribution in [0.3, 0.4) is 0 Å². The highest BCUT2D eigenvalue weighted by Gasteiger charge is 2.18. The Morgan fingerprint density at radius 3 is 2.41 bits per heavy atom. The summed E-state index contributed by atoms with van der Waals surface area (Å²) in [5.74, 6) is 0.0714. The first kappa shape index (κ1) is 21.7. The number of carbonyl (C=O) groups is 1. The first-order chi connectivity index (χ1) is 12.5. The number of hydrogen-bond donors (Lipinski definition) is 1. The molecule has 6 heteroatoms. The van der Waals surface area contributed by atoms with Crippen molar-refractivity contribution in [2.24, 2.45) is 0 Å². The molecule has 146 valence electrons. The summed E-state index contributed by atoms with van der Waals surface area (Å²) in [6.07, 6.45) is 0.524. The van der Waals surface area contributed by atoms with Crippen LogP contribution in [0.15, 0.2) is 46.9 Å². The van der Waals surface area contributed by atoms with E-state index in [0.29, 0.717) is 6.42 Å². The van der Waals surface area contributed by atoms with E-state index in [4.69, 9.17) is 0 Å². The third-order valence-corrected chi connectivity index (χ3v) is 5.79. The van der Waals surface area contributed by atoms with Gasteiger partial charge in [-0.1, -0.05) is 40.2 Å². The van der Waals surface area contributed by atoms with Crippen molar-refractivity contribution < 1.29 is 4.79 Å². The standard InChI is InChI=1S/C21H26BrN3O.ClH/c1-16-7-8-18(15-19(16)22)23-21(26)9-10-24-11-13-25(14-12-24)20-6-4-3-5-17(20)2;/h3-8,15H,9-14H2,1-2H3,(H,23,26);1H. The van der Waals surface area contributed by atoms with Crippen molar-refractivity contribution >= 4 is 45.6 Å². The van der Waals surface area contributed by atoms with E-state index in [1.54, 1.807) is 0 Å². The molecule has 2 aromatic carbocycles. The number of halogens is 2. The molecule has 1 amide bonds. The average molecular weight is 453 g/mol. The number of hydrogen-bond acceptors (Lipinski definition) is 3. The second kappa shape index (κ2) is 10.1. The van der Waals surface area contributed by atoms with Gasteiger partial charge in [-0.05, 0) is 43.2 Å². The second-order valence-corrected chi connectivity index (χ2v) is 7.73. The van der Waals surface area contributed by atoms with Crippen LogP contribution in [0.4, 0.5) is 11.4 Å². The molecule has 1 aliphatic rings. The van der Waals surface area contributed by atoms with Crippen molar-refractivity contribution in [3.63, 3.8) is 0 Å². The maximum Gasteiger partial charge on any atom is 0.225 e. The fourth-order valence-electron chi connectivity index (χ4n) is 3.28. The van der Waals surface area contributed by atoms with Crippen LogP contribution in [0.1, 0.15) is 17.5 Å². The first-order valence-corrected chi connectivity index (χ1v) is 9.91. The summed E-state index contributed by atoms with van der Waals surface area (Å²) in [4.78, 5) is 17.0. The second-order valence-electron chi connectivity index (χ2n) is 6.88. The predicted octanol–water partition coefficient (Wildman–Crippen LogP) is 4.64. The minimum absolute atomic E-state index is 0. The van der Waals surface area contributed by atoms with E-state index in [-0.39, 0.29) is 18.3 Å². The topological polar surface area (TPSA) is 35.6 Å². The number of aryl methyl sites for hydroxylation is 2. The van der Waals surface area contributed by atoms with Crippen LogP contribution in [0.25, 0.3) is 0 Å². The van der Waals surface area contributed by atoms with Crippen molar-refractivity contribution in [1.82, 2.24) is 4.90 Å². The molecule has 1 saturated heterocycles. The molecule has 0 aromatic heterocycles. The van der Waals surface area contributed by atoms with Gasteiger partial charge in [-0.25, -0.2) is 0 Å². The van der Waals surface area contributed by atoms with Gasteiger partial charge in [0.15, 0.2) is 0 Å². The maximum atomic E-state index is 12.2. The molecule has 0 saturated carbocycles. The zero-order chi connectivity index (χ0) is 18.5. The molecular weight excluding hydrogens is 426 g/mol. The third-order valence-electron chi connectivity index (χ3n) is 4.94. The summed E-state index contributed by atoms with van der Waals surface area (Å²) < 4.78 is 1.02. The van der Waals surface area contributed by atoms with Crippen LogP contribution in [-0.4, -0.2) is 43.5 Å². The van der Waals surface area contributed by atoms with Gasteiger partial charge in [-0.3, -0.25) is 9.69 Å². The molecule has 1 heterocycles. The van der Waals surface area contributed by atoms with E-state index >= 15 is 0 Å². The summed E-state index contributed by atoms with van der Waals surface area (Å²) in [5, 5.41) is 2.99. The molecule has 27 heavy (non-hydrogen) atoms. The Kier molecular flexibility index (Phi) is 8.14. The van der Waals surface area contributed by atoms with Crippen LogP contribution in [0, 0.1) is 13.8 Å². The van der Waals surface area contributed by atoms with Gasteiger partial charge in [0.05, 0.1) is 0 Å². The van der Waals surface area contributed by atoms with Gasteiger partial charge in [-0.2, -0.15) is 0 Å². The quantitative estimate of drug-likeness (QED) is 0.718. The maximum absolute atomic E-state index is 12.2. The van der Waals surface area contributed by atoms with Gasteiger partial charge in [-0.15, -0.1) is 12.4 Å². The number of anilines is 2. The van der Waals surface area contributed by atoms with Gasteiger partial charge in [0.2, 0.25) is 5.91 Å². The van der Waals surface area contributed by atoms with Crippen LogP contribution < -0.4 is 10.2 Å². The van der Waals surface area contributed by atoms with Gasteiger partial charge in [0.1, 0.15) is 0 Å². The van der Waals surface area contributed by atoms with Gasteiger partial charge < -0.3 is 10.2 Å². The predicted molar refractivity (Wildman–Crippen MR) is 119 cm³/mol. The minimum atomic E-state index is 0. The largest absolute Gasteiger partial charge is 0.369 e. The number of piperazine rings is 1. The van der Waals surface area contributed by atoms with Crippen LogP contribution in [0.5, 0.6) is 0 Å². The van der Waals surface area contributed by atoms with Gasteiger partial charge in [0, 0.05) is 55.0 Å². The van der Waals surface area contributed by atoms with E-state index < -0.39 is 0 Å². The SMILES string of the molecule is Cc1ccc(NC(=O)CCN2CCN(c3ccccc3C)CC2)cc1Br.Cl. The molecule has 0 radical (unpaired) electrons. The number of carbonyl (C=O) groups excluding carboxylic acids is 1. The Balaban J connectivity index is 0.00000261. The lowest BCUT2D eigenvalue weighted by molar-refractivity contribution is -0.116. The summed E-state index contributed by atoms with van der Waals surface area (Å²) in [6, 6.07) is 14.4. The smallest absolute Gasteiger partial charge is 0.225 e. The molecule has 3 rings (SSSR count). The molecule has 0 bridgehead atoms. The molecule has 0 atom stereocenters.